The van der Waals surface area contributed by atoms with Gasteiger partial charge >= 0.3 is 6.09 Å². The third-order valence-electron chi connectivity index (χ3n) is 6.03. The molecular weight excluding hydrogens is 490 g/mol. The number of benzene rings is 2. The Balaban J connectivity index is 2.54. The third-order valence-corrected chi connectivity index (χ3v) is 6.39. The van der Waals surface area contributed by atoms with Crippen molar-refractivity contribution < 1.29 is 24.2 Å². The fourth-order valence-corrected chi connectivity index (χ4v) is 4.28. The number of nitrogens with zero attached hydrogens (tertiary/aromatic N) is 1. The molecule has 0 aliphatic heterocycles. The third kappa shape index (κ3) is 7.97. The molecule has 2 aromatic carbocycles. The van der Waals surface area contributed by atoms with Crippen LogP contribution in [0.1, 0.15) is 54.6 Å². The Labute approximate surface area is 225 Å². The number of nitrogens with one attached hydrogen (secondary N) is 2. The molecule has 0 aliphatic carbocycles. The van der Waals surface area contributed by atoms with Crippen molar-refractivity contribution in [3.8, 4) is 0 Å². The summed E-state index contributed by atoms with van der Waals surface area (Å²) in [6, 6.07) is 9.11. The van der Waals surface area contributed by atoms with Gasteiger partial charge in [-0.25, -0.2) is 4.79 Å². The van der Waals surface area contributed by atoms with Crippen LogP contribution in [0, 0.1) is 27.7 Å². The Bertz CT molecular complexity index is 1110. The molecule has 0 saturated carbocycles. The van der Waals surface area contributed by atoms with Gasteiger partial charge in [0.1, 0.15) is 17.7 Å². The summed E-state index contributed by atoms with van der Waals surface area (Å²) >= 11 is 4.27. The SMILES string of the molecule is Cc1cccc(C(C(=O)Nc2c(C)cccc2C)N(CCO)C(=O)C(CS)NC(=O)OC(C)(C)C)c1C. The summed E-state index contributed by atoms with van der Waals surface area (Å²) in [7, 11) is 0. The van der Waals surface area contributed by atoms with E-state index >= 15 is 0 Å². The van der Waals surface area contributed by atoms with Gasteiger partial charge in [0, 0.05) is 18.0 Å². The highest BCUT2D eigenvalue weighted by atomic mass is 32.1. The van der Waals surface area contributed by atoms with Crippen molar-refractivity contribution in [3.05, 3.63) is 64.2 Å². The van der Waals surface area contributed by atoms with Crippen LogP contribution in [0.3, 0.4) is 0 Å². The summed E-state index contributed by atoms with van der Waals surface area (Å²) in [4.78, 5) is 41.4. The van der Waals surface area contributed by atoms with Crippen LogP contribution in [0.4, 0.5) is 10.5 Å². The number of carbonyl (C=O) groups excluding carboxylic acids is 3. The molecule has 0 spiro atoms. The molecule has 202 valence electrons. The molecule has 0 heterocycles. The number of ether oxygens (including phenoxy) is 1. The minimum absolute atomic E-state index is 0.0297. The lowest BCUT2D eigenvalue weighted by Crippen LogP contribution is -2.54. The average molecular weight is 530 g/mol. The molecule has 3 N–H and O–H groups in total. The Morgan fingerprint density at radius 3 is 2.11 bits per heavy atom. The predicted octanol–water partition coefficient (Wildman–Crippen LogP) is 4.24. The number of hydrogen-bond donors (Lipinski definition) is 4. The Morgan fingerprint density at radius 1 is 1.00 bits per heavy atom. The normalized spacial score (nSPS) is 12.9. The van der Waals surface area contributed by atoms with Gasteiger partial charge in [0.15, 0.2) is 0 Å². The molecule has 37 heavy (non-hydrogen) atoms. The molecule has 2 rings (SSSR count). The lowest BCUT2D eigenvalue weighted by atomic mass is 9.94. The smallest absolute Gasteiger partial charge is 0.408 e. The molecule has 0 saturated heterocycles. The van der Waals surface area contributed by atoms with Crippen LogP contribution in [-0.4, -0.2) is 58.5 Å². The lowest BCUT2D eigenvalue weighted by molar-refractivity contribution is -0.140. The molecule has 2 aromatic rings. The van der Waals surface area contributed by atoms with E-state index in [1.54, 1.807) is 26.8 Å². The minimum atomic E-state index is -1.08. The van der Waals surface area contributed by atoms with E-state index in [0.29, 0.717) is 11.3 Å². The van der Waals surface area contributed by atoms with E-state index in [-0.39, 0.29) is 18.9 Å². The van der Waals surface area contributed by atoms with E-state index in [0.717, 1.165) is 22.3 Å². The summed E-state index contributed by atoms with van der Waals surface area (Å²) in [5.74, 6) is -1.02. The zero-order chi connectivity index (χ0) is 27.9. The van der Waals surface area contributed by atoms with E-state index < -0.39 is 35.6 Å². The van der Waals surface area contributed by atoms with Crippen molar-refractivity contribution in [2.45, 2.75) is 66.2 Å². The number of carbonyl (C=O) groups is 3. The van der Waals surface area contributed by atoms with E-state index in [2.05, 4.69) is 23.3 Å². The summed E-state index contributed by atoms with van der Waals surface area (Å²) in [6.07, 6.45) is -0.771. The van der Waals surface area contributed by atoms with Gasteiger partial charge in [-0.15, -0.1) is 0 Å². The van der Waals surface area contributed by atoms with E-state index in [4.69, 9.17) is 4.74 Å². The van der Waals surface area contributed by atoms with Gasteiger partial charge in [-0.2, -0.15) is 12.6 Å². The summed E-state index contributed by atoms with van der Waals surface area (Å²) < 4.78 is 5.31. The predicted molar refractivity (Wildman–Crippen MR) is 149 cm³/mol. The molecule has 0 bridgehead atoms. The number of thiol groups is 1. The first-order chi connectivity index (χ1) is 17.3. The van der Waals surface area contributed by atoms with Crippen LogP contribution in [0.25, 0.3) is 0 Å². The van der Waals surface area contributed by atoms with Gasteiger partial charge in [0.2, 0.25) is 5.91 Å². The van der Waals surface area contributed by atoms with Crippen LogP contribution < -0.4 is 10.6 Å². The van der Waals surface area contributed by atoms with Gasteiger partial charge in [-0.3, -0.25) is 9.59 Å². The lowest BCUT2D eigenvalue weighted by Gasteiger charge is -2.34. The highest BCUT2D eigenvalue weighted by molar-refractivity contribution is 7.80. The second-order valence-electron chi connectivity index (χ2n) is 10.1. The Hall–Kier alpha value is -3.04. The Kier molecular flexibility index (Phi) is 10.6. The van der Waals surface area contributed by atoms with Crippen LogP contribution >= 0.6 is 12.6 Å². The molecule has 0 radical (unpaired) electrons. The first-order valence-corrected chi connectivity index (χ1v) is 12.9. The van der Waals surface area contributed by atoms with Gasteiger partial charge in [0.25, 0.3) is 5.91 Å². The van der Waals surface area contributed by atoms with E-state index in [9.17, 15) is 19.5 Å². The number of amides is 3. The molecule has 0 aliphatic rings. The average Bonchev–Trinajstić information content (AvgIpc) is 2.80. The highest BCUT2D eigenvalue weighted by Crippen LogP contribution is 2.30. The van der Waals surface area contributed by atoms with Crippen LogP contribution in [-0.2, 0) is 14.3 Å². The molecule has 8 nitrogen and oxygen atoms in total. The maximum absolute atomic E-state index is 13.9. The highest BCUT2D eigenvalue weighted by Gasteiger charge is 2.36. The molecule has 0 aromatic heterocycles. The zero-order valence-corrected chi connectivity index (χ0v) is 23.6. The van der Waals surface area contributed by atoms with Crippen molar-refractivity contribution in [3.63, 3.8) is 0 Å². The standard InChI is InChI=1S/C28H39N3O5S/c1-17-10-9-13-21(20(17)4)24(25(33)30-23-18(2)11-8-12-19(23)3)31(14-15-32)26(34)22(16-37)29-27(35)36-28(5,6)7/h8-13,22,24,32,37H,14-16H2,1-7H3,(H,29,35)(H,30,33). The number of aliphatic hydroxyl groups is 1. The summed E-state index contributed by atoms with van der Waals surface area (Å²) in [5.41, 5.74) is 4.10. The monoisotopic (exact) mass is 529 g/mol. The number of rotatable bonds is 9. The number of para-hydroxylation sites is 1. The van der Waals surface area contributed by atoms with E-state index in [1.807, 2.05) is 58.0 Å². The number of aliphatic hydroxyl groups excluding tert-OH is 1. The van der Waals surface area contributed by atoms with Crippen molar-refractivity contribution in [2.75, 3.05) is 24.2 Å². The number of hydrogen-bond acceptors (Lipinski definition) is 6. The number of anilines is 1. The second kappa shape index (κ2) is 13.0. The van der Waals surface area contributed by atoms with Gasteiger partial charge < -0.3 is 25.4 Å². The van der Waals surface area contributed by atoms with Crippen molar-refractivity contribution >= 4 is 36.2 Å². The summed E-state index contributed by atoms with van der Waals surface area (Å²) in [5, 5.41) is 15.5. The molecule has 0 fully saturated rings. The van der Waals surface area contributed by atoms with E-state index in [1.165, 1.54) is 4.90 Å². The van der Waals surface area contributed by atoms with Crippen LogP contribution in [0.15, 0.2) is 36.4 Å². The van der Waals surface area contributed by atoms with Gasteiger partial charge in [-0.1, -0.05) is 36.4 Å². The zero-order valence-electron chi connectivity index (χ0n) is 22.7. The second-order valence-corrected chi connectivity index (χ2v) is 10.4. The largest absolute Gasteiger partial charge is 0.444 e. The Morgan fingerprint density at radius 2 is 1.57 bits per heavy atom. The van der Waals surface area contributed by atoms with Crippen molar-refractivity contribution in [1.82, 2.24) is 10.2 Å². The molecule has 2 unspecified atom stereocenters. The first kappa shape index (κ1) is 30.2. The molecule has 9 heteroatoms. The molecule has 3 amide bonds. The molecule has 2 atom stereocenters. The minimum Gasteiger partial charge on any atom is -0.444 e. The maximum atomic E-state index is 13.9. The quantitative estimate of drug-likeness (QED) is 0.364. The molecular formula is C28H39N3O5S. The maximum Gasteiger partial charge on any atom is 0.408 e. The van der Waals surface area contributed by atoms with Crippen LogP contribution in [0.5, 0.6) is 0 Å². The number of alkyl carbamates (subject to hydrolysis) is 1. The fraction of sp³-hybridized carbons (Fsp3) is 0.464. The number of aryl methyl sites for hydroxylation is 3. The van der Waals surface area contributed by atoms with Crippen molar-refractivity contribution in [1.29, 1.82) is 0 Å². The van der Waals surface area contributed by atoms with Gasteiger partial charge in [0.05, 0.1) is 6.61 Å². The first-order valence-electron chi connectivity index (χ1n) is 12.3. The van der Waals surface area contributed by atoms with Gasteiger partial charge in [-0.05, 0) is 76.3 Å². The summed E-state index contributed by atoms with van der Waals surface area (Å²) in [6.45, 7) is 12.3. The van der Waals surface area contributed by atoms with Crippen molar-refractivity contribution in [2.24, 2.45) is 0 Å². The topological polar surface area (TPSA) is 108 Å². The fourth-order valence-electron chi connectivity index (χ4n) is 4.03. The van der Waals surface area contributed by atoms with Crippen LogP contribution in [0.2, 0.25) is 0 Å².